The van der Waals surface area contributed by atoms with Gasteiger partial charge in [0.25, 0.3) is 5.91 Å². The number of carbonyl (C=O) groups excluding carboxylic acids is 1. The Bertz CT molecular complexity index is 1070. The summed E-state index contributed by atoms with van der Waals surface area (Å²) in [5.74, 6) is -0.203. The molecule has 0 spiro atoms. The fourth-order valence-corrected chi connectivity index (χ4v) is 2.85. The Morgan fingerprint density at radius 3 is 2.77 bits per heavy atom. The second-order valence-corrected chi connectivity index (χ2v) is 6.03. The molecule has 0 radical (unpaired) electrons. The van der Waals surface area contributed by atoms with Crippen molar-refractivity contribution < 1.29 is 4.79 Å². The fraction of sp³-hybridized carbons (Fsp3) is 0.100. The largest absolute Gasteiger partial charge is 0.348 e. The van der Waals surface area contributed by atoms with Gasteiger partial charge in [0.05, 0.1) is 11.9 Å². The van der Waals surface area contributed by atoms with Gasteiger partial charge < -0.3 is 5.32 Å². The lowest BCUT2D eigenvalue weighted by Crippen LogP contribution is -2.22. The monoisotopic (exact) mass is 343 g/mol. The number of nitrogens with zero attached hydrogens (tertiary/aromatic N) is 4. The van der Waals surface area contributed by atoms with E-state index in [1.54, 1.807) is 29.3 Å². The van der Waals surface area contributed by atoms with Gasteiger partial charge in [0.15, 0.2) is 5.65 Å². The molecular formula is C20H17N5O. The molecule has 4 rings (SSSR count). The lowest BCUT2D eigenvalue weighted by atomic mass is 10.1. The number of hydrogen-bond acceptors (Lipinski definition) is 4. The summed E-state index contributed by atoms with van der Waals surface area (Å²) >= 11 is 0. The Balaban J connectivity index is 1.65. The summed E-state index contributed by atoms with van der Waals surface area (Å²) in [6.07, 6.45) is 6.66. The summed E-state index contributed by atoms with van der Waals surface area (Å²) in [6, 6.07) is 13.8. The van der Waals surface area contributed by atoms with Crippen LogP contribution in [0.5, 0.6) is 0 Å². The Labute approximate surface area is 150 Å². The number of pyridine rings is 1. The van der Waals surface area contributed by atoms with Gasteiger partial charge in [-0.25, -0.2) is 9.50 Å². The van der Waals surface area contributed by atoms with Crippen molar-refractivity contribution in [2.75, 3.05) is 0 Å². The molecule has 0 unspecified atom stereocenters. The van der Waals surface area contributed by atoms with Crippen LogP contribution >= 0.6 is 0 Å². The highest BCUT2D eigenvalue weighted by atomic mass is 16.1. The van der Waals surface area contributed by atoms with E-state index in [2.05, 4.69) is 26.4 Å². The van der Waals surface area contributed by atoms with Crippen LogP contribution in [0.4, 0.5) is 0 Å². The molecular weight excluding hydrogens is 326 g/mol. The molecule has 6 heteroatoms. The van der Waals surface area contributed by atoms with E-state index in [0.29, 0.717) is 17.8 Å². The Morgan fingerprint density at radius 1 is 1.12 bits per heavy atom. The van der Waals surface area contributed by atoms with Crippen LogP contribution in [0.2, 0.25) is 0 Å². The molecule has 1 amide bonds. The number of nitrogens with one attached hydrogen (secondary N) is 1. The van der Waals surface area contributed by atoms with Crippen LogP contribution in [0.3, 0.4) is 0 Å². The van der Waals surface area contributed by atoms with Crippen molar-refractivity contribution in [1.82, 2.24) is 24.9 Å². The highest BCUT2D eigenvalue weighted by molar-refractivity contribution is 5.99. The van der Waals surface area contributed by atoms with Crippen LogP contribution in [0.15, 0.2) is 67.3 Å². The normalized spacial score (nSPS) is 10.8. The molecule has 0 bridgehead atoms. The van der Waals surface area contributed by atoms with Gasteiger partial charge in [0.2, 0.25) is 0 Å². The van der Waals surface area contributed by atoms with E-state index < -0.39 is 0 Å². The number of aryl methyl sites for hydroxylation is 1. The SMILES string of the molecule is Cc1cccc(-c2ccnc3c(C(=O)NCc4ccncc4)cnn23)c1. The Kier molecular flexibility index (Phi) is 4.15. The van der Waals surface area contributed by atoms with Crippen molar-refractivity contribution in [3.05, 3.63) is 83.9 Å². The fourth-order valence-electron chi connectivity index (χ4n) is 2.85. The predicted molar refractivity (Wildman–Crippen MR) is 98.6 cm³/mol. The number of aromatic nitrogens is 4. The molecule has 1 aromatic carbocycles. The van der Waals surface area contributed by atoms with Crippen LogP contribution in [0.25, 0.3) is 16.9 Å². The smallest absolute Gasteiger partial charge is 0.257 e. The number of amides is 1. The van der Waals surface area contributed by atoms with E-state index in [9.17, 15) is 4.79 Å². The van der Waals surface area contributed by atoms with Gasteiger partial charge in [-0.05, 0) is 36.8 Å². The van der Waals surface area contributed by atoms with E-state index in [-0.39, 0.29) is 5.91 Å². The second kappa shape index (κ2) is 6.76. The maximum Gasteiger partial charge on any atom is 0.257 e. The first-order chi connectivity index (χ1) is 12.7. The van der Waals surface area contributed by atoms with Gasteiger partial charge in [-0.1, -0.05) is 23.8 Å². The highest BCUT2D eigenvalue weighted by Gasteiger charge is 2.16. The van der Waals surface area contributed by atoms with Crippen LogP contribution in [-0.2, 0) is 6.54 Å². The van der Waals surface area contributed by atoms with E-state index in [0.717, 1.165) is 22.4 Å². The third kappa shape index (κ3) is 3.04. The summed E-state index contributed by atoms with van der Waals surface area (Å²) in [7, 11) is 0. The molecule has 0 aliphatic rings. The maximum atomic E-state index is 12.6. The standard InChI is InChI=1S/C20H17N5O/c1-14-3-2-4-16(11-14)18-7-10-22-19-17(13-24-25(18)19)20(26)23-12-15-5-8-21-9-6-15/h2-11,13H,12H2,1H3,(H,23,26). The van der Waals surface area contributed by atoms with Gasteiger partial charge in [-0.15, -0.1) is 0 Å². The van der Waals surface area contributed by atoms with E-state index in [1.165, 1.54) is 0 Å². The zero-order valence-electron chi connectivity index (χ0n) is 14.3. The van der Waals surface area contributed by atoms with Crippen LogP contribution in [0.1, 0.15) is 21.5 Å². The zero-order valence-corrected chi connectivity index (χ0v) is 14.3. The minimum Gasteiger partial charge on any atom is -0.348 e. The minimum absolute atomic E-state index is 0.203. The quantitative estimate of drug-likeness (QED) is 0.618. The second-order valence-electron chi connectivity index (χ2n) is 6.03. The maximum absolute atomic E-state index is 12.6. The zero-order chi connectivity index (χ0) is 17.9. The number of fused-ring (bicyclic) bond motifs is 1. The van der Waals surface area contributed by atoms with Gasteiger partial charge in [0.1, 0.15) is 5.56 Å². The topological polar surface area (TPSA) is 72.2 Å². The van der Waals surface area contributed by atoms with E-state index >= 15 is 0 Å². The van der Waals surface area contributed by atoms with Gasteiger partial charge in [0, 0.05) is 30.7 Å². The lowest BCUT2D eigenvalue weighted by molar-refractivity contribution is 0.0952. The Hall–Kier alpha value is -3.54. The molecule has 1 N–H and O–H groups in total. The molecule has 0 saturated carbocycles. The van der Waals surface area contributed by atoms with Crippen LogP contribution < -0.4 is 5.32 Å². The minimum atomic E-state index is -0.203. The number of rotatable bonds is 4. The van der Waals surface area contributed by atoms with E-state index in [1.807, 2.05) is 43.3 Å². The van der Waals surface area contributed by atoms with E-state index in [4.69, 9.17) is 0 Å². The molecule has 4 aromatic rings. The van der Waals surface area contributed by atoms with Gasteiger partial charge >= 0.3 is 0 Å². The average molecular weight is 343 g/mol. The first-order valence-electron chi connectivity index (χ1n) is 8.29. The third-order valence-corrected chi connectivity index (χ3v) is 4.16. The van der Waals surface area contributed by atoms with Crippen molar-refractivity contribution in [2.45, 2.75) is 13.5 Å². The van der Waals surface area contributed by atoms with Crippen LogP contribution in [-0.4, -0.2) is 25.5 Å². The van der Waals surface area contributed by atoms with Crippen molar-refractivity contribution in [2.24, 2.45) is 0 Å². The predicted octanol–water partition coefficient (Wildman–Crippen LogP) is 3.03. The summed E-state index contributed by atoms with van der Waals surface area (Å²) in [5.41, 5.74) is 5.06. The highest BCUT2D eigenvalue weighted by Crippen LogP contribution is 2.21. The number of hydrogen-bond donors (Lipinski definition) is 1. The first-order valence-corrected chi connectivity index (χ1v) is 8.29. The van der Waals surface area contributed by atoms with Crippen molar-refractivity contribution >= 4 is 11.6 Å². The number of carbonyl (C=O) groups is 1. The molecule has 6 nitrogen and oxygen atoms in total. The molecule has 0 aliphatic carbocycles. The number of benzene rings is 1. The average Bonchev–Trinajstić information content (AvgIpc) is 3.11. The molecule has 0 aliphatic heterocycles. The van der Waals surface area contributed by atoms with Gasteiger partial charge in [-0.2, -0.15) is 5.10 Å². The molecule has 3 heterocycles. The van der Waals surface area contributed by atoms with Crippen LogP contribution in [0, 0.1) is 6.92 Å². The molecule has 0 fully saturated rings. The van der Waals surface area contributed by atoms with Crippen molar-refractivity contribution in [1.29, 1.82) is 0 Å². The summed E-state index contributed by atoms with van der Waals surface area (Å²) < 4.78 is 1.70. The van der Waals surface area contributed by atoms with Gasteiger partial charge in [-0.3, -0.25) is 9.78 Å². The lowest BCUT2D eigenvalue weighted by Gasteiger charge is -2.06. The summed E-state index contributed by atoms with van der Waals surface area (Å²) in [4.78, 5) is 20.9. The molecule has 26 heavy (non-hydrogen) atoms. The Morgan fingerprint density at radius 2 is 1.96 bits per heavy atom. The molecule has 0 saturated heterocycles. The molecule has 3 aromatic heterocycles. The first kappa shape index (κ1) is 16.0. The molecule has 0 atom stereocenters. The van der Waals surface area contributed by atoms with Crippen molar-refractivity contribution in [3.63, 3.8) is 0 Å². The summed E-state index contributed by atoms with van der Waals surface area (Å²) in [6.45, 7) is 2.47. The molecule has 128 valence electrons. The third-order valence-electron chi connectivity index (χ3n) is 4.16. The summed E-state index contributed by atoms with van der Waals surface area (Å²) in [5, 5.41) is 7.29. The van der Waals surface area contributed by atoms with Crippen molar-refractivity contribution in [3.8, 4) is 11.3 Å².